The third kappa shape index (κ3) is 5.04. The van der Waals surface area contributed by atoms with Gasteiger partial charge < -0.3 is 10.4 Å². The maximum absolute atomic E-state index is 11.6. The lowest BCUT2D eigenvalue weighted by molar-refractivity contribution is -0.235. The van der Waals surface area contributed by atoms with Crippen LogP contribution in [-0.4, -0.2) is 67.3 Å². The molecule has 1 aromatic carbocycles. The van der Waals surface area contributed by atoms with Gasteiger partial charge in [-0.15, -0.1) is 0 Å². The molecule has 2 saturated heterocycles. The van der Waals surface area contributed by atoms with Crippen LogP contribution in [-0.2, 0) is 0 Å². The summed E-state index contributed by atoms with van der Waals surface area (Å²) in [5.41, 5.74) is 3.18. The molecule has 4 N–H and O–H groups in total. The molecule has 8 rings (SSSR count). The van der Waals surface area contributed by atoms with Gasteiger partial charge in [0.2, 0.25) is 0 Å². The summed E-state index contributed by atoms with van der Waals surface area (Å²) in [6.45, 7) is 21.3. The number of hydrogen-bond acceptors (Lipinski definition) is 5. The summed E-state index contributed by atoms with van der Waals surface area (Å²) in [5, 5.41) is 13.9. The lowest BCUT2D eigenvalue weighted by Crippen LogP contribution is -2.68. The highest BCUT2D eigenvalue weighted by molar-refractivity contribution is 8.25. The van der Waals surface area contributed by atoms with E-state index in [1.165, 1.54) is 69.8 Å². The third-order valence-electron chi connectivity index (χ3n) is 18.3. The molecular formula is C43H68N2O4S. The summed E-state index contributed by atoms with van der Waals surface area (Å²) in [6.07, 6.45) is 14.2. The predicted octanol–water partition coefficient (Wildman–Crippen LogP) is 9.75. The minimum absolute atomic E-state index is 0.101. The van der Waals surface area contributed by atoms with Gasteiger partial charge in [0.25, 0.3) is 0 Å². The molecule has 0 amide bonds. The van der Waals surface area contributed by atoms with Crippen LogP contribution in [0, 0.1) is 57.2 Å². The van der Waals surface area contributed by atoms with Crippen molar-refractivity contribution in [2.45, 2.75) is 142 Å². The van der Waals surface area contributed by atoms with E-state index in [2.05, 4.69) is 70.8 Å². The summed E-state index contributed by atoms with van der Waals surface area (Å²) in [4.78, 5) is 14.1. The van der Waals surface area contributed by atoms with Crippen molar-refractivity contribution in [3.05, 3.63) is 35.4 Å². The molecule has 2 bridgehead atoms. The van der Waals surface area contributed by atoms with E-state index >= 15 is 0 Å². The van der Waals surface area contributed by atoms with Gasteiger partial charge in [-0.2, -0.15) is 10.6 Å². The number of carboxylic acid groups (broad SMARTS) is 1. The maximum atomic E-state index is 11.6. The molecule has 0 aromatic heterocycles. The normalized spacial score (nSPS) is 48.0. The van der Waals surface area contributed by atoms with E-state index in [0.717, 1.165) is 49.7 Å². The number of carboxylic acids is 1. The van der Waals surface area contributed by atoms with Crippen molar-refractivity contribution < 1.29 is 19.0 Å². The molecule has 7 heteroatoms. The number of rotatable bonds is 7. The minimum atomic E-state index is -2.35. The second-order valence-corrected chi connectivity index (χ2v) is 22.9. The fourth-order valence-electron chi connectivity index (χ4n) is 15.7. The van der Waals surface area contributed by atoms with Gasteiger partial charge in [-0.25, -0.2) is 4.79 Å². The summed E-state index contributed by atoms with van der Waals surface area (Å²) in [6, 6.07) is 8.22. The van der Waals surface area contributed by atoms with Crippen molar-refractivity contribution in [1.82, 2.24) is 10.2 Å². The Morgan fingerprint density at radius 2 is 1.64 bits per heavy atom. The standard InChI is InChI=1S/C43H68N2O4S/c1-27(2)32-14-19-43(44-22-23-45-25-31-24-30(45)26-50(31,48)49)21-20-41(6)34(37(32)43)12-13-36-40(5)17-15-33(28-8-10-29(11-9-28)38(46)47)39(3,4)35(40)16-18-42(36,41)7/h8-11,27,30-37,44,48-49H,12-26H2,1-7H3,(H,46,47)/t30-,31-,32-,33-,34+,35-,36+,37+,40-,41+,42+,43-/m0/s1. The van der Waals surface area contributed by atoms with Crippen LogP contribution in [0.1, 0.15) is 141 Å². The lowest BCUT2D eigenvalue weighted by Gasteiger charge is -2.73. The smallest absolute Gasteiger partial charge is 0.335 e. The molecule has 2 heterocycles. The van der Waals surface area contributed by atoms with E-state index < -0.39 is 16.6 Å². The van der Waals surface area contributed by atoms with E-state index in [1.54, 1.807) is 0 Å². The van der Waals surface area contributed by atoms with Gasteiger partial charge >= 0.3 is 5.97 Å². The van der Waals surface area contributed by atoms with E-state index in [9.17, 15) is 19.0 Å². The maximum Gasteiger partial charge on any atom is 0.335 e. The first-order chi connectivity index (χ1) is 23.5. The second kappa shape index (κ2) is 11.9. The third-order valence-corrected chi connectivity index (χ3v) is 20.6. The van der Waals surface area contributed by atoms with E-state index in [1.807, 2.05) is 12.1 Å². The first-order valence-corrected chi connectivity index (χ1v) is 22.3. The van der Waals surface area contributed by atoms with Crippen molar-refractivity contribution in [1.29, 1.82) is 0 Å². The van der Waals surface area contributed by atoms with Gasteiger partial charge in [0, 0.05) is 31.2 Å². The number of likely N-dealkylation sites (tertiary alicyclic amines) is 1. The van der Waals surface area contributed by atoms with Crippen LogP contribution in [0.5, 0.6) is 0 Å². The second-order valence-electron chi connectivity index (χ2n) is 20.5. The Morgan fingerprint density at radius 3 is 2.28 bits per heavy atom. The average molecular weight is 709 g/mol. The highest BCUT2D eigenvalue weighted by atomic mass is 32.3. The van der Waals surface area contributed by atoms with E-state index in [-0.39, 0.29) is 16.2 Å². The Hall–Kier alpha value is -1.12. The number of hydrogen-bond donors (Lipinski definition) is 4. The van der Waals surface area contributed by atoms with Crippen LogP contribution in [0.4, 0.5) is 0 Å². The summed E-state index contributed by atoms with van der Waals surface area (Å²) in [5.74, 6) is 4.67. The number of fused-ring (bicyclic) bond motifs is 9. The molecule has 0 radical (unpaired) electrons. The highest BCUT2D eigenvalue weighted by Gasteiger charge is 2.71. The number of nitrogens with one attached hydrogen (secondary N) is 1. The molecule has 12 atom stereocenters. The van der Waals surface area contributed by atoms with Crippen molar-refractivity contribution in [2.75, 3.05) is 25.4 Å². The van der Waals surface area contributed by atoms with Gasteiger partial charge in [-0.1, -0.05) is 60.6 Å². The fourth-order valence-corrected chi connectivity index (χ4v) is 17.8. The Labute approximate surface area is 304 Å². The van der Waals surface area contributed by atoms with Crippen LogP contribution in [0.2, 0.25) is 0 Å². The van der Waals surface area contributed by atoms with Crippen LogP contribution in [0.3, 0.4) is 0 Å². The molecule has 7 fully saturated rings. The quantitative estimate of drug-likeness (QED) is 0.226. The number of aromatic carboxylic acids is 1. The molecule has 1 aromatic rings. The van der Waals surface area contributed by atoms with Gasteiger partial charge in [0.15, 0.2) is 0 Å². The minimum Gasteiger partial charge on any atom is -0.478 e. The summed E-state index contributed by atoms with van der Waals surface area (Å²) < 4.78 is 20.9. The van der Waals surface area contributed by atoms with Gasteiger partial charge in [-0.05, 0) is 151 Å². The number of carbonyl (C=O) groups is 1. The Morgan fingerprint density at radius 1 is 0.900 bits per heavy atom. The summed E-state index contributed by atoms with van der Waals surface area (Å²) in [7, 11) is -2.35. The van der Waals surface area contributed by atoms with Crippen molar-refractivity contribution in [3.8, 4) is 0 Å². The van der Waals surface area contributed by atoms with Crippen molar-refractivity contribution in [2.24, 2.45) is 57.2 Å². The number of nitrogens with zero attached hydrogens (tertiary/aromatic N) is 1. The highest BCUT2D eigenvalue weighted by Crippen LogP contribution is 2.77. The largest absolute Gasteiger partial charge is 0.478 e. The molecule has 7 aliphatic rings. The van der Waals surface area contributed by atoms with Crippen LogP contribution in [0.25, 0.3) is 0 Å². The van der Waals surface area contributed by atoms with Crippen molar-refractivity contribution in [3.63, 3.8) is 0 Å². The van der Waals surface area contributed by atoms with Gasteiger partial charge in [0.1, 0.15) is 0 Å². The van der Waals surface area contributed by atoms with E-state index in [0.29, 0.717) is 51.4 Å². The fraction of sp³-hybridized carbons (Fsp3) is 0.837. The molecule has 50 heavy (non-hydrogen) atoms. The molecule has 0 spiro atoms. The van der Waals surface area contributed by atoms with Crippen molar-refractivity contribution >= 4 is 16.6 Å². The molecule has 0 unspecified atom stereocenters. The predicted molar refractivity (Wildman–Crippen MR) is 205 cm³/mol. The first-order valence-electron chi connectivity index (χ1n) is 20.5. The topological polar surface area (TPSA) is 93.0 Å². The van der Waals surface area contributed by atoms with Crippen LogP contribution >= 0.6 is 10.6 Å². The zero-order valence-electron chi connectivity index (χ0n) is 32.2. The lowest BCUT2D eigenvalue weighted by atomic mass is 9.32. The first kappa shape index (κ1) is 35.9. The number of benzene rings is 1. The SMILES string of the molecule is CC(C)[C@@H]1CC[C@]2(NCCN3C[C@@H]4C[C@H]3CS4(O)O)CC[C@]3(C)[C@H](CC[C@@H]4[C@@]5(C)CC[C@@H](c6ccc(C(=O)O)cc6)C(C)(C)[C@@H]5CC[C@]43C)[C@@H]12. The van der Waals surface area contributed by atoms with Crippen LogP contribution in [0.15, 0.2) is 24.3 Å². The summed E-state index contributed by atoms with van der Waals surface area (Å²) >= 11 is 0. The Balaban J connectivity index is 1.03. The zero-order valence-corrected chi connectivity index (χ0v) is 33.0. The molecule has 280 valence electrons. The van der Waals surface area contributed by atoms with Gasteiger partial charge in [-0.3, -0.25) is 14.0 Å². The monoisotopic (exact) mass is 708 g/mol. The molecule has 2 aliphatic heterocycles. The van der Waals surface area contributed by atoms with Crippen LogP contribution < -0.4 is 5.32 Å². The van der Waals surface area contributed by atoms with E-state index in [4.69, 9.17) is 0 Å². The molecule has 5 aliphatic carbocycles. The Kier molecular flexibility index (Phi) is 8.57. The average Bonchev–Trinajstić information content (AvgIpc) is 3.72. The molecule has 5 saturated carbocycles. The van der Waals surface area contributed by atoms with Gasteiger partial charge in [0.05, 0.1) is 16.6 Å². The molecule has 6 nitrogen and oxygen atoms in total. The molecular weight excluding hydrogens is 641 g/mol. The zero-order chi connectivity index (χ0) is 35.6. The Bertz CT molecular complexity index is 1480.